The Hall–Kier alpha value is -2.35. The van der Waals surface area contributed by atoms with Crippen LogP contribution in [-0.2, 0) is 0 Å². The fourth-order valence-corrected chi connectivity index (χ4v) is 2.82. The lowest BCUT2D eigenvalue weighted by Gasteiger charge is -2.23. The van der Waals surface area contributed by atoms with Gasteiger partial charge in [-0.25, -0.2) is 0 Å². The Morgan fingerprint density at radius 2 is 1.58 bits per heavy atom. The molecule has 0 aliphatic rings. The first-order chi connectivity index (χ1) is 11.8. The van der Waals surface area contributed by atoms with Crippen LogP contribution < -0.4 is 5.32 Å². The maximum Gasteiger partial charge on any atom is 0.252 e. The maximum absolute atomic E-state index is 12.7. The van der Waals surface area contributed by atoms with E-state index in [2.05, 4.69) is 37.4 Å². The second-order valence-corrected chi connectivity index (χ2v) is 6.00. The van der Waals surface area contributed by atoms with Gasteiger partial charge >= 0.3 is 0 Å². The standard InChI is InChI=1S/C22H27NO/c1-3-5-13-18(12-4-2)21(19-14-8-6-9-15-19)23-22(24)20-16-10-7-11-17-20/h6-11,13-17,21H,3-5,12H2,1-2H3,(H,23,24)/t21-/m1/s1. The lowest BCUT2D eigenvalue weighted by molar-refractivity contribution is 0.0941. The highest BCUT2D eigenvalue weighted by atomic mass is 16.1. The van der Waals surface area contributed by atoms with Crippen LogP contribution >= 0.6 is 0 Å². The molecule has 2 aromatic rings. The molecule has 2 aromatic carbocycles. The number of allylic oxidation sites excluding steroid dienone is 1. The van der Waals surface area contributed by atoms with Gasteiger partial charge in [-0.05, 0) is 36.1 Å². The lowest BCUT2D eigenvalue weighted by Crippen LogP contribution is -2.30. The van der Waals surface area contributed by atoms with Crippen molar-refractivity contribution in [2.75, 3.05) is 0 Å². The van der Waals surface area contributed by atoms with Gasteiger partial charge in [0.25, 0.3) is 5.91 Å². The van der Waals surface area contributed by atoms with Crippen LogP contribution in [0.5, 0.6) is 0 Å². The van der Waals surface area contributed by atoms with Crippen LogP contribution in [0.2, 0.25) is 0 Å². The van der Waals surface area contributed by atoms with Crippen molar-refractivity contribution in [2.45, 2.75) is 45.6 Å². The molecular weight excluding hydrogens is 294 g/mol. The summed E-state index contributed by atoms with van der Waals surface area (Å²) in [6.07, 6.45) is 6.52. The highest BCUT2D eigenvalue weighted by Crippen LogP contribution is 2.26. The van der Waals surface area contributed by atoms with Crippen molar-refractivity contribution in [3.05, 3.63) is 83.4 Å². The van der Waals surface area contributed by atoms with E-state index in [1.807, 2.05) is 48.5 Å². The van der Waals surface area contributed by atoms with Crippen molar-refractivity contribution in [3.63, 3.8) is 0 Å². The molecule has 0 saturated heterocycles. The molecule has 126 valence electrons. The summed E-state index contributed by atoms with van der Waals surface area (Å²) in [7, 11) is 0. The summed E-state index contributed by atoms with van der Waals surface area (Å²) >= 11 is 0. The van der Waals surface area contributed by atoms with Crippen molar-refractivity contribution in [2.24, 2.45) is 0 Å². The number of carbonyl (C=O) groups excluding carboxylic acids is 1. The summed E-state index contributed by atoms with van der Waals surface area (Å²) in [5, 5.41) is 3.24. The molecule has 0 spiro atoms. The van der Waals surface area contributed by atoms with Crippen molar-refractivity contribution < 1.29 is 4.79 Å². The number of amides is 1. The van der Waals surface area contributed by atoms with E-state index >= 15 is 0 Å². The number of unbranched alkanes of at least 4 members (excludes halogenated alkanes) is 1. The van der Waals surface area contributed by atoms with Gasteiger partial charge in [-0.1, -0.05) is 81.3 Å². The van der Waals surface area contributed by atoms with Crippen molar-refractivity contribution in [3.8, 4) is 0 Å². The second kappa shape index (κ2) is 9.71. The number of carbonyl (C=O) groups is 1. The molecule has 0 aliphatic heterocycles. The van der Waals surface area contributed by atoms with Gasteiger partial charge in [-0.2, -0.15) is 0 Å². The monoisotopic (exact) mass is 321 g/mol. The zero-order valence-electron chi connectivity index (χ0n) is 14.7. The average Bonchev–Trinajstić information content (AvgIpc) is 2.64. The Balaban J connectivity index is 2.30. The number of hydrogen-bond acceptors (Lipinski definition) is 1. The Kier molecular flexibility index (Phi) is 7.28. The van der Waals surface area contributed by atoms with E-state index in [-0.39, 0.29) is 11.9 Å². The summed E-state index contributed by atoms with van der Waals surface area (Å²) in [5.74, 6) is -0.0250. The fraction of sp³-hybridized carbons (Fsp3) is 0.318. The van der Waals surface area contributed by atoms with E-state index in [0.717, 1.165) is 31.2 Å². The first kappa shape index (κ1) is 18.0. The summed E-state index contributed by atoms with van der Waals surface area (Å²) in [5.41, 5.74) is 3.14. The molecule has 24 heavy (non-hydrogen) atoms. The predicted molar refractivity (Wildman–Crippen MR) is 101 cm³/mol. The highest BCUT2D eigenvalue weighted by molar-refractivity contribution is 5.94. The zero-order valence-corrected chi connectivity index (χ0v) is 14.7. The van der Waals surface area contributed by atoms with Crippen LogP contribution in [0, 0.1) is 0 Å². The van der Waals surface area contributed by atoms with Crippen molar-refractivity contribution in [1.29, 1.82) is 0 Å². The molecule has 0 fully saturated rings. The van der Waals surface area contributed by atoms with E-state index in [4.69, 9.17) is 0 Å². The molecule has 1 amide bonds. The van der Waals surface area contributed by atoms with E-state index in [0.29, 0.717) is 5.56 Å². The maximum atomic E-state index is 12.7. The molecule has 1 atom stereocenters. The molecule has 0 aliphatic carbocycles. The van der Waals surface area contributed by atoms with Gasteiger partial charge < -0.3 is 5.32 Å². The van der Waals surface area contributed by atoms with E-state index in [1.54, 1.807) is 0 Å². The molecule has 0 heterocycles. The van der Waals surface area contributed by atoms with E-state index in [1.165, 1.54) is 5.57 Å². The Bertz CT molecular complexity index is 646. The summed E-state index contributed by atoms with van der Waals surface area (Å²) < 4.78 is 0. The Morgan fingerprint density at radius 3 is 2.17 bits per heavy atom. The van der Waals surface area contributed by atoms with Crippen LogP contribution in [-0.4, -0.2) is 5.91 Å². The van der Waals surface area contributed by atoms with Gasteiger partial charge in [-0.3, -0.25) is 4.79 Å². The first-order valence-electron chi connectivity index (χ1n) is 8.86. The molecule has 0 aromatic heterocycles. The third-order valence-electron chi connectivity index (χ3n) is 4.05. The van der Waals surface area contributed by atoms with Crippen molar-refractivity contribution >= 4 is 5.91 Å². The Morgan fingerprint density at radius 1 is 0.958 bits per heavy atom. The van der Waals surface area contributed by atoms with Gasteiger partial charge in [0.15, 0.2) is 0 Å². The number of rotatable bonds is 8. The highest BCUT2D eigenvalue weighted by Gasteiger charge is 2.19. The molecule has 2 rings (SSSR count). The van der Waals surface area contributed by atoms with Gasteiger partial charge in [0.05, 0.1) is 6.04 Å². The third-order valence-corrected chi connectivity index (χ3v) is 4.05. The van der Waals surface area contributed by atoms with Crippen LogP contribution in [0.1, 0.15) is 61.5 Å². The summed E-state index contributed by atoms with van der Waals surface area (Å²) in [6.45, 7) is 4.36. The van der Waals surface area contributed by atoms with Gasteiger partial charge in [0.2, 0.25) is 0 Å². The predicted octanol–water partition coefficient (Wildman–Crippen LogP) is 5.68. The smallest absolute Gasteiger partial charge is 0.252 e. The number of nitrogens with one attached hydrogen (secondary N) is 1. The molecule has 0 unspecified atom stereocenters. The van der Waals surface area contributed by atoms with Gasteiger partial charge in [0, 0.05) is 5.56 Å². The number of benzene rings is 2. The molecule has 0 bridgehead atoms. The zero-order chi connectivity index (χ0) is 17.2. The van der Waals surface area contributed by atoms with Crippen LogP contribution in [0.3, 0.4) is 0 Å². The lowest BCUT2D eigenvalue weighted by atomic mass is 9.93. The van der Waals surface area contributed by atoms with Crippen molar-refractivity contribution in [1.82, 2.24) is 5.32 Å². The number of hydrogen-bond donors (Lipinski definition) is 1. The minimum absolute atomic E-state index is 0.0250. The fourth-order valence-electron chi connectivity index (χ4n) is 2.82. The van der Waals surface area contributed by atoms with Crippen LogP contribution in [0.4, 0.5) is 0 Å². The average molecular weight is 321 g/mol. The van der Waals surface area contributed by atoms with E-state index in [9.17, 15) is 4.79 Å². The normalized spacial score (nSPS) is 12.7. The molecule has 0 saturated carbocycles. The van der Waals surface area contributed by atoms with Gasteiger partial charge in [0.1, 0.15) is 0 Å². The van der Waals surface area contributed by atoms with Gasteiger partial charge in [-0.15, -0.1) is 0 Å². The van der Waals surface area contributed by atoms with E-state index < -0.39 is 0 Å². The topological polar surface area (TPSA) is 29.1 Å². The first-order valence-corrected chi connectivity index (χ1v) is 8.86. The largest absolute Gasteiger partial charge is 0.341 e. The molecule has 2 nitrogen and oxygen atoms in total. The second-order valence-electron chi connectivity index (χ2n) is 6.00. The minimum atomic E-state index is -0.0644. The summed E-state index contributed by atoms with van der Waals surface area (Å²) in [4.78, 5) is 12.7. The SMILES string of the molecule is CCCC=C(CCC)[C@@H](NC(=O)c1ccccc1)c1ccccc1. The van der Waals surface area contributed by atoms with Crippen LogP contribution in [0.15, 0.2) is 72.3 Å². The quantitative estimate of drug-likeness (QED) is 0.622. The summed E-state index contributed by atoms with van der Waals surface area (Å²) in [6, 6.07) is 19.6. The van der Waals surface area contributed by atoms with Crippen LogP contribution in [0.25, 0.3) is 0 Å². The molecule has 0 radical (unpaired) electrons. The molecular formula is C22H27NO. The Labute approximate surface area is 145 Å². The molecule has 2 heteroatoms. The molecule has 1 N–H and O–H groups in total. The minimum Gasteiger partial charge on any atom is -0.341 e. The third kappa shape index (κ3) is 5.09.